The molecule has 0 bridgehead atoms. The third kappa shape index (κ3) is 5.16. The highest BCUT2D eigenvalue weighted by Gasteiger charge is 2.16. The van der Waals surface area contributed by atoms with E-state index < -0.39 is 5.60 Å². The number of rotatable bonds is 2. The van der Waals surface area contributed by atoms with Gasteiger partial charge in [-0.25, -0.2) is 0 Å². The maximum atomic E-state index is 10.9. The molecule has 0 saturated heterocycles. The van der Waals surface area contributed by atoms with Crippen LogP contribution in [0.1, 0.15) is 47.8 Å². The minimum atomic E-state index is -0.717. The molecule has 0 spiro atoms. The van der Waals surface area contributed by atoms with Crippen LogP contribution in [0.3, 0.4) is 0 Å². The minimum absolute atomic E-state index is 0.137. The van der Waals surface area contributed by atoms with Gasteiger partial charge in [-0.15, -0.1) is 0 Å². The van der Waals surface area contributed by atoms with Gasteiger partial charge in [0.1, 0.15) is 0 Å². The average molecular weight is 284 g/mol. The van der Waals surface area contributed by atoms with Crippen LogP contribution >= 0.6 is 0 Å². The molecule has 0 aliphatic rings. The van der Waals surface area contributed by atoms with Crippen molar-refractivity contribution in [2.45, 2.75) is 40.2 Å². The second kappa shape index (κ2) is 7.19. The zero-order valence-electron chi connectivity index (χ0n) is 13.5. The monoisotopic (exact) mass is 284 g/mol. The lowest BCUT2D eigenvalue weighted by Crippen LogP contribution is -2.16. The molecule has 21 heavy (non-hydrogen) atoms. The second-order valence-corrected chi connectivity index (χ2v) is 5.75. The maximum Gasteiger partial charge on any atom is 0.160 e. The first kappa shape index (κ1) is 17.1. The Hall–Kier alpha value is -1.93. The number of aliphatic hydroxyl groups is 1. The van der Waals surface area contributed by atoms with E-state index in [0.717, 1.165) is 22.3 Å². The molecule has 0 radical (unpaired) electrons. The van der Waals surface area contributed by atoms with E-state index in [-0.39, 0.29) is 5.78 Å². The molecule has 0 heterocycles. The fourth-order valence-corrected chi connectivity index (χ4v) is 2.23. The largest absolute Gasteiger partial charge is 0.386 e. The van der Waals surface area contributed by atoms with Crippen molar-refractivity contribution in [3.05, 3.63) is 70.8 Å². The highest BCUT2D eigenvalue weighted by Crippen LogP contribution is 2.22. The Morgan fingerprint density at radius 1 is 0.905 bits per heavy atom. The number of ketones is 1. The summed E-state index contributed by atoms with van der Waals surface area (Å²) < 4.78 is 0. The van der Waals surface area contributed by atoms with Crippen molar-refractivity contribution in [1.82, 2.24) is 0 Å². The Labute approximate surface area is 127 Å². The van der Waals surface area contributed by atoms with E-state index in [1.807, 2.05) is 62.4 Å². The molecule has 2 rings (SSSR count). The first-order valence-corrected chi connectivity index (χ1v) is 7.08. The average Bonchev–Trinajstić information content (AvgIpc) is 2.39. The van der Waals surface area contributed by atoms with Crippen molar-refractivity contribution in [3.8, 4) is 0 Å². The zero-order chi connectivity index (χ0) is 16.0. The number of aryl methyl sites for hydroxylation is 2. The second-order valence-electron chi connectivity index (χ2n) is 5.75. The number of hydrogen-bond acceptors (Lipinski definition) is 2. The number of carbonyl (C=O) groups is 1. The first-order valence-electron chi connectivity index (χ1n) is 7.08. The molecule has 0 aliphatic heterocycles. The Bertz CT molecular complexity index is 607. The first-order chi connectivity index (χ1) is 9.73. The lowest BCUT2D eigenvalue weighted by molar-refractivity contribution is 0.0779. The highest BCUT2D eigenvalue weighted by atomic mass is 16.3. The summed E-state index contributed by atoms with van der Waals surface area (Å²) in [6.45, 7) is 9.14. The number of hydrogen-bond donors (Lipinski definition) is 1. The molecular weight excluding hydrogens is 260 g/mol. The number of benzene rings is 2. The smallest absolute Gasteiger partial charge is 0.160 e. The Kier molecular flexibility index (Phi) is 5.86. The van der Waals surface area contributed by atoms with Crippen LogP contribution in [-0.2, 0) is 5.60 Å². The van der Waals surface area contributed by atoms with Gasteiger partial charge in [-0.2, -0.15) is 0 Å². The van der Waals surface area contributed by atoms with E-state index in [9.17, 15) is 9.90 Å². The van der Waals surface area contributed by atoms with Crippen LogP contribution < -0.4 is 0 Å². The van der Waals surface area contributed by atoms with Gasteiger partial charge < -0.3 is 5.11 Å². The summed E-state index contributed by atoms with van der Waals surface area (Å²) >= 11 is 0. The maximum absolute atomic E-state index is 10.9. The topological polar surface area (TPSA) is 37.3 Å². The van der Waals surface area contributed by atoms with Gasteiger partial charge in [0.25, 0.3) is 0 Å². The molecular formula is C19H24O2. The van der Waals surface area contributed by atoms with Gasteiger partial charge >= 0.3 is 0 Å². The van der Waals surface area contributed by atoms with Gasteiger partial charge in [0, 0.05) is 5.56 Å². The number of Topliss-reactive ketones (excluding diaryl/α,β-unsaturated/α-hetero) is 1. The molecule has 2 aromatic rings. The molecule has 0 saturated carbocycles. The third-order valence-electron chi connectivity index (χ3n) is 3.33. The molecule has 0 aliphatic carbocycles. The zero-order valence-corrected chi connectivity index (χ0v) is 13.5. The van der Waals surface area contributed by atoms with Gasteiger partial charge in [0.15, 0.2) is 5.78 Å². The van der Waals surface area contributed by atoms with Crippen LogP contribution in [0.25, 0.3) is 0 Å². The van der Waals surface area contributed by atoms with Crippen molar-refractivity contribution < 1.29 is 9.90 Å². The van der Waals surface area contributed by atoms with Gasteiger partial charge in [-0.3, -0.25) is 4.79 Å². The summed E-state index contributed by atoms with van der Waals surface area (Å²) in [6, 6.07) is 15.5. The molecule has 0 unspecified atom stereocenters. The van der Waals surface area contributed by atoms with Crippen LogP contribution in [0.5, 0.6) is 0 Å². The predicted octanol–water partition coefficient (Wildman–Crippen LogP) is 4.42. The van der Waals surface area contributed by atoms with E-state index in [1.165, 1.54) is 0 Å². The van der Waals surface area contributed by atoms with Crippen molar-refractivity contribution in [3.63, 3.8) is 0 Å². The third-order valence-corrected chi connectivity index (χ3v) is 3.33. The van der Waals surface area contributed by atoms with E-state index in [2.05, 4.69) is 0 Å². The summed E-state index contributed by atoms with van der Waals surface area (Å²) in [5.74, 6) is 0.137. The van der Waals surface area contributed by atoms with Crippen LogP contribution in [0.2, 0.25) is 0 Å². The molecule has 0 atom stereocenters. The lowest BCUT2D eigenvalue weighted by Gasteiger charge is -2.19. The minimum Gasteiger partial charge on any atom is -0.386 e. The van der Waals surface area contributed by atoms with Crippen molar-refractivity contribution in [1.29, 1.82) is 0 Å². The standard InChI is InChI=1S/C10H14O.C9H10O/c1-8-6-4-5-7-9(8)10(2,3)11;1-7-5-3-4-6-9(7)8(2)10/h4-7,11H,1-3H3;3-6H,1-2H3. The molecule has 2 aromatic carbocycles. The fraction of sp³-hybridized carbons (Fsp3) is 0.316. The van der Waals surface area contributed by atoms with Gasteiger partial charge in [-0.05, 0) is 51.3 Å². The summed E-state index contributed by atoms with van der Waals surface area (Å²) in [6.07, 6.45) is 0. The van der Waals surface area contributed by atoms with E-state index in [0.29, 0.717) is 0 Å². The van der Waals surface area contributed by atoms with Crippen molar-refractivity contribution >= 4 is 5.78 Å². The highest BCUT2D eigenvalue weighted by molar-refractivity contribution is 5.95. The molecule has 0 fully saturated rings. The van der Waals surface area contributed by atoms with Crippen LogP contribution in [0.15, 0.2) is 48.5 Å². The van der Waals surface area contributed by atoms with Gasteiger partial charge in [0.05, 0.1) is 5.60 Å². The van der Waals surface area contributed by atoms with E-state index in [1.54, 1.807) is 20.8 Å². The quantitative estimate of drug-likeness (QED) is 0.829. The lowest BCUT2D eigenvalue weighted by atomic mass is 9.94. The van der Waals surface area contributed by atoms with Gasteiger partial charge in [0.2, 0.25) is 0 Å². The van der Waals surface area contributed by atoms with Crippen LogP contribution in [0.4, 0.5) is 0 Å². The summed E-state index contributed by atoms with van der Waals surface area (Å²) in [7, 11) is 0. The molecule has 1 N–H and O–H groups in total. The summed E-state index contributed by atoms with van der Waals surface area (Å²) in [5, 5.41) is 9.67. The molecule has 0 amide bonds. The fourth-order valence-electron chi connectivity index (χ4n) is 2.23. The summed E-state index contributed by atoms with van der Waals surface area (Å²) in [5.41, 5.74) is 3.29. The van der Waals surface area contributed by atoms with Crippen LogP contribution in [-0.4, -0.2) is 10.9 Å². The molecule has 112 valence electrons. The Morgan fingerprint density at radius 2 is 1.38 bits per heavy atom. The van der Waals surface area contributed by atoms with E-state index >= 15 is 0 Å². The normalized spacial score (nSPS) is 10.6. The van der Waals surface area contributed by atoms with Crippen molar-refractivity contribution in [2.75, 3.05) is 0 Å². The predicted molar refractivity (Wildman–Crippen MR) is 87.6 cm³/mol. The summed E-state index contributed by atoms with van der Waals surface area (Å²) in [4.78, 5) is 10.9. The Morgan fingerprint density at radius 3 is 1.71 bits per heavy atom. The van der Waals surface area contributed by atoms with Gasteiger partial charge in [-0.1, -0.05) is 48.5 Å². The Balaban J connectivity index is 0.000000211. The van der Waals surface area contributed by atoms with Crippen molar-refractivity contribution in [2.24, 2.45) is 0 Å². The van der Waals surface area contributed by atoms with Crippen LogP contribution in [0, 0.1) is 13.8 Å². The SMILES string of the molecule is CC(=O)c1ccccc1C.Cc1ccccc1C(C)(C)O. The molecule has 2 nitrogen and oxygen atoms in total. The molecule has 2 heteroatoms. The van der Waals surface area contributed by atoms with E-state index in [4.69, 9.17) is 0 Å². The molecule has 0 aromatic heterocycles. The number of carbonyl (C=O) groups excluding carboxylic acids is 1.